The van der Waals surface area contributed by atoms with Crippen LogP contribution in [0.2, 0.25) is 0 Å². The summed E-state index contributed by atoms with van der Waals surface area (Å²) in [6.45, 7) is 0. The van der Waals surface area contributed by atoms with Gasteiger partial charge in [0.25, 0.3) is 0 Å². The van der Waals surface area contributed by atoms with Crippen molar-refractivity contribution in [1.29, 1.82) is 10.5 Å². The van der Waals surface area contributed by atoms with Crippen molar-refractivity contribution in [2.24, 2.45) is 11.7 Å². The molecule has 1 heterocycles. The number of hydrogen-bond acceptors (Lipinski definition) is 4. The van der Waals surface area contributed by atoms with Gasteiger partial charge in [0.1, 0.15) is 11.7 Å². The van der Waals surface area contributed by atoms with Gasteiger partial charge < -0.3 is 11.1 Å². The SMILES string of the molecule is N#CC1=C(N)NC(=S)C(C#N)C1c1ccccc1. The molecule has 1 aromatic carbocycles. The molecule has 18 heavy (non-hydrogen) atoms. The average Bonchev–Trinajstić information content (AvgIpc) is 2.39. The van der Waals surface area contributed by atoms with Crippen molar-refractivity contribution in [1.82, 2.24) is 5.32 Å². The van der Waals surface area contributed by atoms with Crippen molar-refractivity contribution >= 4 is 17.2 Å². The van der Waals surface area contributed by atoms with Crippen LogP contribution >= 0.6 is 12.2 Å². The average molecular weight is 254 g/mol. The summed E-state index contributed by atoms with van der Waals surface area (Å²) in [4.78, 5) is 0.364. The lowest BCUT2D eigenvalue weighted by Crippen LogP contribution is -2.41. The smallest absolute Gasteiger partial charge is 0.116 e. The highest BCUT2D eigenvalue weighted by Gasteiger charge is 2.36. The van der Waals surface area contributed by atoms with E-state index in [4.69, 9.17) is 18.0 Å². The van der Waals surface area contributed by atoms with Crippen LogP contribution in [0.5, 0.6) is 0 Å². The number of nitriles is 2. The zero-order valence-corrected chi connectivity index (χ0v) is 10.2. The fraction of sp³-hybridized carbons (Fsp3) is 0.154. The number of nitrogens with two attached hydrogens (primary N) is 1. The molecule has 0 aromatic heterocycles. The van der Waals surface area contributed by atoms with E-state index >= 15 is 0 Å². The van der Waals surface area contributed by atoms with Crippen LogP contribution in [0.3, 0.4) is 0 Å². The number of nitrogens with zero attached hydrogens (tertiary/aromatic N) is 2. The third-order valence-electron chi connectivity index (χ3n) is 2.89. The lowest BCUT2D eigenvalue weighted by atomic mass is 9.79. The Morgan fingerprint density at radius 3 is 2.44 bits per heavy atom. The first-order valence-electron chi connectivity index (χ1n) is 5.34. The normalized spacial score (nSPS) is 22.9. The monoisotopic (exact) mass is 254 g/mol. The van der Waals surface area contributed by atoms with Gasteiger partial charge in [0.2, 0.25) is 0 Å². The molecule has 0 radical (unpaired) electrons. The first kappa shape index (κ1) is 12.1. The highest BCUT2D eigenvalue weighted by molar-refractivity contribution is 7.80. The molecule has 0 fully saturated rings. The van der Waals surface area contributed by atoms with Crippen molar-refractivity contribution in [3.8, 4) is 12.1 Å². The number of thiocarbonyl (C=S) groups is 1. The molecule has 0 aliphatic carbocycles. The first-order chi connectivity index (χ1) is 8.69. The van der Waals surface area contributed by atoms with Crippen molar-refractivity contribution < 1.29 is 0 Å². The van der Waals surface area contributed by atoms with E-state index in [-0.39, 0.29) is 5.82 Å². The standard InChI is InChI=1S/C13H10N4S/c14-6-9-11(8-4-2-1-3-5-8)10(7-15)13(18)17-12(9)16/h1-5,10-11H,16H2,(H,17,18). The topological polar surface area (TPSA) is 85.6 Å². The molecule has 0 spiro atoms. The van der Waals surface area contributed by atoms with Gasteiger partial charge in [-0.1, -0.05) is 42.5 Å². The Balaban J connectivity index is 2.59. The Morgan fingerprint density at radius 1 is 1.22 bits per heavy atom. The van der Waals surface area contributed by atoms with E-state index < -0.39 is 11.8 Å². The maximum Gasteiger partial charge on any atom is 0.116 e. The van der Waals surface area contributed by atoms with Gasteiger partial charge >= 0.3 is 0 Å². The van der Waals surface area contributed by atoms with Crippen LogP contribution in [-0.2, 0) is 0 Å². The number of allylic oxidation sites excluding steroid dienone is 1. The van der Waals surface area contributed by atoms with E-state index in [1.807, 2.05) is 30.3 Å². The molecule has 0 bridgehead atoms. The minimum Gasteiger partial charge on any atom is -0.384 e. The highest BCUT2D eigenvalue weighted by atomic mass is 32.1. The number of rotatable bonds is 1. The van der Waals surface area contributed by atoms with Crippen molar-refractivity contribution in [2.75, 3.05) is 0 Å². The third-order valence-corrected chi connectivity index (χ3v) is 3.25. The molecule has 3 N–H and O–H groups in total. The molecule has 5 heteroatoms. The molecule has 4 nitrogen and oxygen atoms in total. The van der Waals surface area contributed by atoms with Gasteiger partial charge in [-0.05, 0) is 5.56 Å². The zero-order chi connectivity index (χ0) is 13.1. The second kappa shape index (κ2) is 4.87. The number of hydrogen-bond donors (Lipinski definition) is 2. The van der Waals surface area contributed by atoms with Crippen molar-refractivity contribution in [3.05, 3.63) is 47.3 Å². The zero-order valence-electron chi connectivity index (χ0n) is 9.42. The third kappa shape index (κ3) is 1.92. The van der Waals surface area contributed by atoms with E-state index in [1.54, 1.807) is 0 Å². The highest BCUT2D eigenvalue weighted by Crippen LogP contribution is 2.35. The van der Waals surface area contributed by atoms with Gasteiger partial charge in [-0.25, -0.2) is 0 Å². The van der Waals surface area contributed by atoms with Gasteiger partial charge in [0.05, 0.1) is 22.7 Å². The summed E-state index contributed by atoms with van der Waals surface area (Å²) < 4.78 is 0. The summed E-state index contributed by atoms with van der Waals surface area (Å²) in [6, 6.07) is 13.5. The minimum absolute atomic E-state index is 0.239. The largest absolute Gasteiger partial charge is 0.384 e. The second-order valence-electron chi connectivity index (χ2n) is 3.92. The Labute approximate surface area is 110 Å². The Bertz CT molecular complexity index is 592. The fourth-order valence-electron chi connectivity index (χ4n) is 2.05. The molecule has 88 valence electrons. The predicted octanol–water partition coefficient (Wildman–Crippen LogP) is 1.53. The summed E-state index contributed by atoms with van der Waals surface area (Å²) >= 11 is 5.12. The Hall–Kier alpha value is -2.37. The Morgan fingerprint density at radius 2 is 1.89 bits per heavy atom. The maximum absolute atomic E-state index is 9.24. The molecule has 2 rings (SSSR count). The molecule has 0 amide bonds. The van der Waals surface area contributed by atoms with Crippen LogP contribution in [0, 0.1) is 28.6 Å². The summed E-state index contributed by atoms with van der Waals surface area (Å²) in [6.07, 6.45) is 0. The number of benzene rings is 1. The molecule has 2 atom stereocenters. The first-order valence-corrected chi connectivity index (χ1v) is 5.75. The maximum atomic E-state index is 9.24. The molecule has 0 saturated heterocycles. The second-order valence-corrected chi connectivity index (χ2v) is 4.36. The van der Waals surface area contributed by atoms with Crippen LogP contribution in [0.15, 0.2) is 41.7 Å². The van der Waals surface area contributed by atoms with E-state index in [2.05, 4.69) is 17.5 Å². The molecule has 1 aliphatic rings. The summed E-state index contributed by atoms with van der Waals surface area (Å²) in [5, 5.41) is 21.2. The molecule has 0 saturated carbocycles. The number of nitrogens with one attached hydrogen (secondary N) is 1. The van der Waals surface area contributed by atoms with Gasteiger partial charge in [0, 0.05) is 5.92 Å². The molecular formula is C13H10N4S. The van der Waals surface area contributed by atoms with Crippen LogP contribution in [0.25, 0.3) is 0 Å². The quantitative estimate of drug-likeness (QED) is 0.742. The predicted molar refractivity (Wildman–Crippen MR) is 70.8 cm³/mol. The van der Waals surface area contributed by atoms with Gasteiger partial charge in [-0.2, -0.15) is 10.5 Å². The lowest BCUT2D eigenvalue weighted by Gasteiger charge is -2.29. The van der Waals surface area contributed by atoms with Crippen molar-refractivity contribution in [2.45, 2.75) is 5.92 Å². The molecule has 1 aromatic rings. The molecule has 2 unspecified atom stereocenters. The molecular weight excluding hydrogens is 244 g/mol. The van der Waals surface area contributed by atoms with Crippen LogP contribution in [-0.4, -0.2) is 4.99 Å². The van der Waals surface area contributed by atoms with Crippen LogP contribution in [0.1, 0.15) is 11.5 Å². The van der Waals surface area contributed by atoms with E-state index in [0.717, 1.165) is 5.56 Å². The van der Waals surface area contributed by atoms with E-state index in [1.165, 1.54) is 0 Å². The van der Waals surface area contributed by atoms with Gasteiger partial charge in [-0.3, -0.25) is 0 Å². The fourth-order valence-corrected chi connectivity index (χ4v) is 2.34. The molecule has 1 aliphatic heterocycles. The van der Waals surface area contributed by atoms with Crippen molar-refractivity contribution in [3.63, 3.8) is 0 Å². The summed E-state index contributed by atoms with van der Waals surface area (Å²) in [5.74, 6) is -0.720. The lowest BCUT2D eigenvalue weighted by molar-refractivity contribution is 0.681. The van der Waals surface area contributed by atoms with Crippen LogP contribution in [0.4, 0.5) is 0 Å². The van der Waals surface area contributed by atoms with E-state index in [9.17, 15) is 10.5 Å². The minimum atomic E-state index is -0.565. The van der Waals surface area contributed by atoms with E-state index in [0.29, 0.717) is 10.6 Å². The Kier molecular flexibility index (Phi) is 3.27. The van der Waals surface area contributed by atoms with Gasteiger partial charge in [0.15, 0.2) is 0 Å². The van der Waals surface area contributed by atoms with Gasteiger partial charge in [-0.15, -0.1) is 0 Å². The summed E-state index contributed by atoms with van der Waals surface area (Å²) in [7, 11) is 0. The van der Waals surface area contributed by atoms with Crippen LogP contribution < -0.4 is 11.1 Å². The summed E-state index contributed by atoms with van der Waals surface area (Å²) in [5.41, 5.74) is 7.00.